The first-order valence-corrected chi connectivity index (χ1v) is 9.38. The van der Waals surface area contributed by atoms with Crippen molar-refractivity contribution in [3.63, 3.8) is 0 Å². The number of hydrogen-bond donors (Lipinski definition) is 1. The van der Waals surface area contributed by atoms with Crippen LogP contribution in [0.5, 0.6) is 5.75 Å². The molecule has 3 rings (SSSR count). The summed E-state index contributed by atoms with van der Waals surface area (Å²) < 4.78 is 48.9. The van der Waals surface area contributed by atoms with E-state index in [0.717, 1.165) is 25.0 Å². The third-order valence-electron chi connectivity index (χ3n) is 4.46. The number of carboxylic acid groups (broad SMARTS) is 1. The smallest absolute Gasteiger partial charge is 0.416 e. The summed E-state index contributed by atoms with van der Waals surface area (Å²) in [5, 5.41) is 12.9. The molecule has 0 saturated heterocycles. The van der Waals surface area contributed by atoms with Crippen LogP contribution in [0, 0.1) is 0 Å². The number of aliphatic carboxylic acids is 1. The number of carbonyl (C=O) groups is 1. The molecule has 0 aliphatic carbocycles. The second-order valence-corrected chi connectivity index (χ2v) is 6.74. The first kappa shape index (κ1) is 21.4. The van der Waals surface area contributed by atoms with Crippen molar-refractivity contribution < 1.29 is 32.3 Å². The molecule has 0 atom stereocenters. The molecule has 1 heterocycles. The maximum atomic E-state index is 12.6. The lowest BCUT2D eigenvalue weighted by atomic mass is 10.1. The van der Waals surface area contributed by atoms with Crippen LogP contribution >= 0.6 is 0 Å². The van der Waals surface area contributed by atoms with Crippen LogP contribution in [0.2, 0.25) is 0 Å². The Morgan fingerprint density at radius 1 is 1.07 bits per heavy atom. The molecule has 1 aromatic heterocycles. The van der Waals surface area contributed by atoms with Crippen LogP contribution in [-0.4, -0.2) is 22.8 Å². The average Bonchev–Trinajstić information content (AvgIpc) is 3.17. The highest BCUT2D eigenvalue weighted by Gasteiger charge is 2.30. The zero-order valence-corrected chi connectivity index (χ0v) is 16.0. The predicted molar refractivity (Wildman–Crippen MR) is 103 cm³/mol. The van der Waals surface area contributed by atoms with Gasteiger partial charge in [-0.1, -0.05) is 35.5 Å². The molecule has 0 radical (unpaired) electrons. The van der Waals surface area contributed by atoms with Gasteiger partial charge in [0.15, 0.2) is 0 Å². The molecule has 0 unspecified atom stereocenters. The van der Waals surface area contributed by atoms with Gasteiger partial charge in [-0.3, -0.25) is 4.79 Å². The Bertz CT molecular complexity index is 981. The maximum Gasteiger partial charge on any atom is 0.416 e. The Morgan fingerprint density at radius 3 is 2.50 bits per heavy atom. The van der Waals surface area contributed by atoms with Crippen LogP contribution in [-0.2, 0) is 23.8 Å². The summed E-state index contributed by atoms with van der Waals surface area (Å²) in [5.74, 6) is 0.278. The van der Waals surface area contributed by atoms with E-state index in [1.54, 1.807) is 30.3 Å². The molecule has 0 aliphatic heterocycles. The molecule has 0 saturated carbocycles. The van der Waals surface area contributed by atoms with Gasteiger partial charge in [-0.15, -0.1) is 0 Å². The number of nitrogens with zero attached hydrogens (tertiary/aromatic N) is 1. The normalized spacial score (nSPS) is 11.4. The summed E-state index contributed by atoms with van der Waals surface area (Å²) in [6.45, 7) is 0.427. The highest BCUT2D eigenvalue weighted by Crippen LogP contribution is 2.31. The highest BCUT2D eigenvalue weighted by molar-refractivity contribution is 5.71. The molecule has 8 heteroatoms. The van der Waals surface area contributed by atoms with E-state index in [4.69, 9.17) is 14.4 Å². The van der Waals surface area contributed by atoms with Gasteiger partial charge in [-0.2, -0.15) is 13.2 Å². The molecular weight excluding hydrogens is 399 g/mol. The molecule has 1 N–H and O–H groups in total. The number of unbranched alkanes of at least 4 members (excludes halogenated alkanes) is 1. The zero-order chi connectivity index (χ0) is 21.6. The Kier molecular flexibility index (Phi) is 6.76. The Balaban J connectivity index is 1.47. The number of alkyl halides is 3. The van der Waals surface area contributed by atoms with Crippen molar-refractivity contribution in [1.29, 1.82) is 0 Å². The largest absolute Gasteiger partial charge is 0.493 e. The fourth-order valence-corrected chi connectivity index (χ4v) is 2.93. The highest BCUT2D eigenvalue weighted by atomic mass is 19.4. The van der Waals surface area contributed by atoms with Crippen LogP contribution in [0.4, 0.5) is 13.2 Å². The number of carboxylic acids is 1. The molecule has 2 aromatic carbocycles. The van der Waals surface area contributed by atoms with Crippen molar-refractivity contribution in [3.8, 4) is 17.0 Å². The zero-order valence-electron chi connectivity index (χ0n) is 16.0. The van der Waals surface area contributed by atoms with Gasteiger partial charge in [0.2, 0.25) is 0 Å². The first-order chi connectivity index (χ1) is 14.3. The van der Waals surface area contributed by atoms with Crippen molar-refractivity contribution in [2.75, 3.05) is 6.61 Å². The Hall–Kier alpha value is -3.29. The topological polar surface area (TPSA) is 72.6 Å². The average molecular weight is 419 g/mol. The number of rotatable bonds is 9. The lowest BCUT2D eigenvalue weighted by Gasteiger charge is -2.09. The van der Waals surface area contributed by atoms with Crippen LogP contribution in [0.1, 0.15) is 29.7 Å². The molecule has 3 aromatic rings. The number of hydrogen-bond acceptors (Lipinski definition) is 4. The van der Waals surface area contributed by atoms with E-state index in [2.05, 4.69) is 5.16 Å². The van der Waals surface area contributed by atoms with Gasteiger partial charge in [0.1, 0.15) is 17.2 Å². The van der Waals surface area contributed by atoms with Gasteiger partial charge in [-0.25, -0.2) is 0 Å². The standard InChI is InChI=1S/C22H20F3NO4/c23-22(24,25)17-10-8-15(9-11-17)19-14-18(30-26-19)6-3-4-12-29-20-7-2-1-5-16(20)13-21(27)28/h1-2,5,7-11,14H,3-4,6,12-13H2,(H,27,28). The third kappa shape index (κ3) is 5.85. The fourth-order valence-electron chi connectivity index (χ4n) is 2.93. The molecule has 5 nitrogen and oxygen atoms in total. The fraction of sp³-hybridized carbons (Fsp3) is 0.273. The summed E-state index contributed by atoms with van der Waals surface area (Å²) in [5.41, 5.74) is 0.954. The lowest BCUT2D eigenvalue weighted by Crippen LogP contribution is -2.05. The van der Waals surface area contributed by atoms with Crippen LogP contribution in [0.15, 0.2) is 59.1 Å². The van der Waals surface area contributed by atoms with E-state index < -0.39 is 17.7 Å². The minimum atomic E-state index is -4.37. The van der Waals surface area contributed by atoms with Crippen molar-refractivity contribution >= 4 is 5.97 Å². The summed E-state index contributed by atoms with van der Waals surface area (Å²) in [6.07, 6.45) is -2.39. The Morgan fingerprint density at radius 2 is 1.80 bits per heavy atom. The van der Waals surface area contributed by atoms with Gasteiger partial charge < -0.3 is 14.4 Å². The number of para-hydroxylation sites is 1. The van der Waals surface area contributed by atoms with Gasteiger partial charge >= 0.3 is 12.1 Å². The molecule has 30 heavy (non-hydrogen) atoms. The summed E-state index contributed by atoms with van der Waals surface area (Å²) in [7, 11) is 0. The summed E-state index contributed by atoms with van der Waals surface area (Å²) >= 11 is 0. The minimum Gasteiger partial charge on any atom is -0.493 e. The summed E-state index contributed by atoms with van der Waals surface area (Å²) in [4.78, 5) is 10.9. The second-order valence-electron chi connectivity index (χ2n) is 6.74. The summed E-state index contributed by atoms with van der Waals surface area (Å²) in [6, 6.07) is 13.5. The maximum absolute atomic E-state index is 12.6. The van der Waals surface area contributed by atoms with Gasteiger partial charge in [0.05, 0.1) is 18.6 Å². The quantitative estimate of drug-likeness (QED) is 0.471. The van der Waals surface area contributed by atoms with Crippen molar-refractivity contribution in [2.45, 2.75) is 31.9 Å². The number of benzene rings is 2. The van der Waals surface area contributed by atoms with E-state index in [1.807, 2.05) is 0 Å². The number of aromatic nitrogens is 1. The third-order valence-corrected chi connectivity index (χ3v) is 4.46. The van der Waals surface area contributed by atoms with Crippen LogP contribution in [0.3, 0.4) is 0 Å². The lowest BCUT2D eigenvalue weighted by molar-refractivity contribution is -0.138. The van der Waals surface area contributed by atoms with E-state index in [-0.39, 0.29) is 6.42 Å². The molecule has 0 aliphatic rings. The van der Waals surface area contributed by atoms with E-state index in [9.17, 15) is 18.0 Å². The monoisotopic (exact) mass is 419 g/mol. The molecule has 0 amide bonds. The van der Waals surface area contributed by atoms with E-state index in [0.29, 0.717) is 41.4 Å². The van der Waals surface area contributed by atoms with Crippen LogP contribution in [0.25, 0.3) is 11.3 Å². The molecule has 0 bridgehead atoms. The van der Waals surface area contributed by atoms with Gasteiger partial charge in [0.25, 0.3) is 0 Å². The van der Waals surface area contributed by atoms with Crippen molar-refractivity contribution in [3.05, 3.63) is 71.5 Å². The van der Waals surface area contributed by atoms with Crippen molar-refractivity contribution in [1.82, 2.24) is 5.16 Å². The van der Waals surface area contributed by atoms with Gasteiger partial charge in [-0.05, 0) is 31.0 Å². The minimum absolute atomic E-state index is 0.0963. The SMILES string of the molecule is O=C(O)Cc1ccccc1OCCCCc1cc(-c2ccc(C(F)(F)F)cc2)no1. The second kappa shape index (κ2) is 9.47. The van der Waals surface area contributed by atoms with Crippen LogP contribution < -0.4 is 4.74 Å². The first-order valence-electron chi connectivity index (χ1n) is 9.38. The molecular formula is C22H20F3NO4. The van der Waals surface area contributed by atoms with Crippen molar-refractivity contribution in [2.24, 2.45) is 0 Å². The van der Waals surface area contributed by atoms with E-state index >= 15 is 0 Å². The predicted octanol–water partition coefficient (Wildman–Crippen LogP) is 5.39. The molecule has 0 spiro atoms. The number of halogens is 3. The Labute approximate surface area is 171 Å². The van der Waals surface area contributed by atoms with Gasteiger partial charge in [0, 0.05) is 23.6 Å². The molecule has 158 valence electrons. The van der Waals surface area contributed by atoms with E-state index in [1.165, 1.54) is 12.1 Å². The number of ether oxygens (including phenoxy) is 1. The number of aryl methyl sites for hydroxylation is 1. The molecule has 0 fully saturated rings.